The molecule has 0 spiro atoms. The van der Waals surface area contributed by atoms with E-state index < -0.39 is 11.4 Å². The van der Waals surface area contributed by atoms with Gasteiger partial charge in [-0.15, -0.1) is 22.7 Å². The molecule has 33 heavy (non-hydrogen) atoms. The van der Waals surface area contributed by atoms with E-state index in [1.807, 2.05) is 12.3 Å². The average molecular weight is 484 g/mol. The van der Waals surface area contributed by atoms with Crippen molar-refractivity contribution >= 4 is 33.7 Å². The lowest BCUT2D eigenvalue weighted by Crippen LogP contribution is -2.41. The maximum Gasteiger partial charge on any atom is 0.150 e. The van der Waals surface area contributed by atoms with Crippen LogP contribution in [0.15, 0.2) is 24.7 Å². The molecule has 0 radical (unpaired) electrons. The van der Waals surface area contributed by atoms with Crippen molar-refractivity contribution in [3.8, 4) is 21.0 Å². The van der Waals surface area contributed by atoms with Crippen molar-refractivity contribution in [1.29, 1.82) is 0 Å². The number of nitrogens with zero attached hydrogens (tertiary/aromatic N) is 4. The van der Waals surface area contributed by atoms with Crippen molar-refractivity contribution in [2.24, 2.45) is 0 Å². The van der Waals surface area contributed by atoms with E-state index >= 15 is 0 Å². The fourth-order valence-corrected chi connectivity index (χ4v) is 7.32. The molecule has 2 saturated heterocycles. The number of rotatable bonds is 4. The van der Waals surface area contributed by atoms with Crippen molar-refractivity contribution in [2.45, 2.75) is 36.9 Å². The molecule has 4 aromatic rings. The van der Waals surface area contributed by atoms with Gasteiger partial charge in [-0.05, 0) is 31.7 Å². The quantitative estimate of drug-likeness (QED) is 0.451. The van der Waals surface area contributed by atoms with E-state index in [0.29, 0.717) is 39.3 Å². The first-order chi connectivity index (χ1) is 16.0. The Labute approximate surface area is 197 Å². The normalized spacial score (nSPS) is 26.1. The summed E-state index contributed by atoms with van der Waals surface area (Å²) in [4.78, 5) is 20.9. The Hall–Kier alpha value is -2.24. The fourth-order valence-electron chi connectivity index (χ4n) is 5.15. The Morgan fingerprint density at radius 1 is 1.03 bits per heavy atom. The van der Waals surface area contributed by atoms with Crippen LogP contribution in [0.4, 0.5) is 4.39 Å². The van der Waals surface area contributed by atoms with Gasteiger partial charge < -0.3 is 14.8 Å². The predicted octanol–water partition coefficient (Wildman–Crippen LogP) is 4.25. The van der Waals surface area contributed by atoms with Gasteiger partial charge in [0.25, 0.3) is 0 Å². The van der Waals surface area contributed by atoms with Gasteiger partial charge in [-0.1, -0.05) is 0 Å². The van der Waals surface area contributed by atoms with Gasteiger partial charge in [-0.25, -0.2) is 19.3 Å². The molecule has 3 aliphatic rings. The van der Waals surface area contributed by atoms with Gasteiger partial charge in [-0.2, -0.15) is 0 Å². The molecule has 4 aromatic heterocycles. The second-order valence-corrected chi connectivity index (χ2v) is 11.3. The number of fused-ring (bicyclic) bond motifs is 3. The second kappa shape index (κ2) is 7.13. The van der Waals surface area contributed by atoms with E-state index in [1.165, 1.54) is 17.5 Å². The Morgan fingerprint density at radius 3 is 2.70 bits per heavy atom. The summed E-state index contributed by atoms with van der Waals surface area (Å²) in [6, 6.07) is 1.94. The highest BCUT2D eigenvalue weighted by molar-refractivity contribution is 7.15. The minimum Gasteiger partial charge on any atom is -0.383 e. The molecule has 2 aliphatic heterocycles. The molecule has 6 heterocycles. The number of morpholine rings is 1. The zero-order chi connectivity index (χ0) is 22.2. The van der Waals surface area contributed by atoms with Gasteiger partial charge in [0.1, 0.15) is 26.9 Å². The topological polar surface area (TPSA) is 87.2 Å². The summed E-state index contributed by atoms with van der Waals surface area (Å²) in [5.41, 5.74) is 0.790. The molecule has 1 aliphatic carbocycles. The van der Waals surface area contributed by atoms with Gasteiger partial charge in [0.2, 0.25) is 0 Å². The summed E-state index contributed by atoms with van der Waals surface area (Å²) in [6.45, 7) is 3.65. The van der Waals surface area contributed by atoms with Crippen molar-refractivity contribution in [1.82, 2.24) is 24.8 Å². The highest BCUT2D eigenvalue weighted by atomic mass is 32.1. The first kappa shape index (κ1) is 20.2. The zero-order valence-corrected chi connectivity index (χ0v) is 19.4. The summed E-state index contributed by atoms with van der Waals surface area (Å²) < 4.78 is 21.2. The van der Waals surface area contributed by atoms with Crippen molar-refractivity contribution in [3.63, 3.8) is 0 Å². The van der Waals surface area contributed by atoms with E-state index in [-0.39, 0.29) is 5.60 Å². The van der Waals surface area contributed by atoms with Crippen LogP contribution in [-0.2, 0) is 15.9 Å². The molecule has 2 bridgehead atoms. The first-order valence-electron chi connectivity index (χ1n) is 11.2. The number of nitrogens with one attached hydrogen (secondary N) is 1. The molecule has 170 valence electrons. The van der Waals surface area contributed by atoms with Crippen molar-refractivity contribution < 1.29 is 14.2 Å². The molecule has 2 N–H and O–H groups in total. The zero-order valence-electron chi connectivity index (χ0n) is 17.8. The number of hydrogen-bond acceptors (Lipinski definition) is 8. The smallest absolute Gasteiger partial charge is 0.150 e. The lowest BCUT2D eigenvalue weighted by atomic mass is 9.81. The summed E-state index contributed by atoms with van der Waals surface area (Å²) in [7, 11) is 0. The number of pyridine rings is 1. The number of H-pyrrole nitrogens is 1. The number of aromatic amines is 1. The number of hydrogen-bond donors (Lipinski definition) is 2. The molecule has 1 saturated carbocycles. The van der Waals surface area contributed by atoms with Crippen LogP contribution in [0.3, 0.4) is 0 Å². The highest BCUT2D eigenvalue weighted by Gasteiger charge is 2.46. The van der Waals surface area contributed by atoms with E-state index in [9.17, 15) is 9.50 Å². The molecule has 3 fully saturated rings. The highest BCUT2D eigenvalue weighted by Crippen LogP contribution is 2.46. The van der Waals surface area contributed by atoms with E-state index in [4.69, 9.17) is 9.72 Å². The molecule has 7 nitrogen and oxygen atoms in total. The monoisotopic (exact) mass is 483 g/mol. The molecule has 0 amide bonds. The molecule has 2 unspecified atom stereocenters. The Morgan fingerprint density at radius 2 is 1.85 bits per heavy atom. The lowest BCUT2D eigenvalue weighted by Gasteiger charge is -2.34. The number of aromatic nitrogens is 4. The van der Waals surface area contributed by atoms with Gasteiger partial charge in [0.15, 0.2) is 5.82 Å². The second-order valence-electron chi connectivity index (χ2n) is 9.24. The minimum absolute atomic E-state index is 0.302. The molecule has 7 rings (SSSR count). The molecular weight excluding hydrogens is 461 g/mol. The third kappa shape index (κ3) is 3.05. The Bertz CT molecular complexity index is 1370. The van der Waals surface area contributed by atoms with Gasteiger partial charge in [-0.3, -0.25) is 4.90 Å². The fraction of sp³-hybridized carbons (Fsp3) is 0.435. The van der Waals surface area contributed by atoms with Crippen molar-refractivity contribution in [2.75, 3.05) is 26.2 Å². The molecule has 0 aromatic carbocycles. The number of ether oxygens (including phenoxy) is 1. The summed E-state index contributed by atoms with van der Waals surface area (Å²) in [6.07, 6.45) is 8.14. The Kier molecular flexibility index (Phi) is 4.36. The van der Waals surface area contributed by atoms with Crippen LogP contribution in [0.5, 0.6) is 0 Å². The molecule has 10 heteroatoms. The van der Waals surface area contributed by atoms with E-state index in [0.717, 1.165) is 54.7 Å². The van der Waals surface area contributed by atoms with Crippen LogP contribution in [0, 0.1) is 5.82 Å². The average Bonchev–Trinajstić information content (AvgIpc) is 3.58. The first-order valence-corrected chi connectivity index (χ1v) is 12.9. The van der Waals surface area contributed by atoms with Crippen LogP contribution < -0.4 is 0 Å². The maximum absolute atomic E-state index is 15.0. The van der Waals surface area contributed by atoms with Crippen molar-refractivity contribution in [3.05, 3.63) is 40.5 Å². The SMILES string of the molecule is OC1(c2ncc(-c3c(F)cnc4[nH]c(-c5cnc(C67CCN(CCO6)C7)s5)cc34)s2)CCC1. The third-order valence-electron chi connectivity index (χ3n) is 7.20. The number of thiazole rings is 2. The van der Waals surface area contributed by atoms with Crippen LogP contribution in [0.2, 0.25) is 0 Å². The maximum atomic E-state index is 15.0. The van der Waals surface area contributed by atoms with Crippen LogP contribution in [0.25, 0.3) is 32.0 Å². The lowest BCUT2D eigenvalue weighted by molar-refractivity contribution is -0.0729. The van der Waals surface area contributed by atoms with Crippen LogP contribution in [0.1, 0.15) is 35.7 Å². The third-order valence-corrected chi connectivity index (χ3v) is 9.62. The standard InChI is InChI=1S/C23H22FN5O2S2/c24-14-9-25-19-13(18(14)17-11-26-20(33-17)22(30)2-1-3-22)8-15(28-19)16-10-27-21(32-16)23-4-5-29(12-23)6-7-31-23/h8-11,30H,1-7,12H2,(H,25,28). The van der Waals surface area contributed by atoms with Gasteiger partial charge >= 0.3 is 0 Å². The van der Waals surface area contributed by atoms with Gasteiger partial charge in [0, 0.05) is 43.0 Å². The van der Waals surface area contributed by atoms with E-state index in [2.05, 4.69) is 19.9 Å². The molecule has 2 atom stereocenters. The summed E-state index contributed by atoms with van der Waals surface area (Å²) in [5.74, 6) is -0.394. The largest absolute Gasteiger partial charge is 0.383 e. The Balaban J connectivity index is 1.27. The predicted molar refractivity (Wildman–Crippen MR) is 125 cm³/mol. The summed E-state index contributed by atoms with van der Waals surface area (Å²) >= 11 is 2.98. The van der Waals surface area contributed by atoms with Gasteiger partial charge in [0.05, 0.1) is 28.3 Å². The minimum atomic E-state index is -0.857. The van der Waals surface area contributed by atoms with E-state index in [1.54, 1.807) is 17.5 Å². The van der Waals surface area contributed by atoms with Crippen LogP contribution in [-0.4, -0.2) is 56.2 Å². The molecular formula is C23H22FN5O2S2. The number of halogens is 1. The summed E-state index contributed by atoms with van der Waals surface area (Å²) in [5, 5.41) is 13.0. The van der Waals surface area contributed by atoms with Crippen LogP contribution >= 0.6 is 22.7 Å². The number of aliphatic hydroxyl groups is 1.